The molecule has 0 saturated carbocycles. The van der Waals surface area contributed by atoms with Crippen LogP contribution in [-0.4, -0.2) is 47.3 Å². The first-order valence-electron chi connectivity index (χ1n) is 3.43. The third kappa shape index (κ3) is 4.55. The summed E-state index contributed by atoms with van der Waals surface area (Å²) in [6.07, 6.45) is -1.04. The van der Waals surface area contributed by atoms with E-state index in [0.717, 1.165) is 0 Å². The molecule has 0 spiro atoms. The van der Waals surface area contributed by atoms with Gasteiger partial charge in [-0.05, 0) is 0 Å². The average molecular weight is 195 g/mol. The Labute approximate surface area is 75.9 Å². The summed E-state index contributed by atoms with van der Waals surface area (Å²) in [6, 6.07) is -0.778. The SMILES string of the molecule is N[C@@H](CS)C(=O)OCC(O)CO. The van der Waals surface area contributed by atoms with Crippen molar-refractivity contribution in [3.05, 3.63) is 0 Å². The lowest BCUT2D eigenvalue weighted by atomic mass is 10.3. The highest BCUT2D eigenvalue weighted by Crippen LogP contribution is 1.90. The Morgan fingerprint density at radius 2 is 2.25 bits per heavy atom. The second kappa shape index (κ2) is 6.24. The van der Waals surface area contributed by atoms with E-state index in [4.69, 9.17) is 15.9 Å². The minimum atomic E-state index is -1.04. The van der Waals surface area contributed by atoms with Crippen LogP contribution in [0.3, 0.4) is 0 Å². The lowest BCUT2D eigenvalue weighted by Crippen LogP contribution is -2.36. The Hall–Kier alpha value is -0.300. The van der Waals surface area contributed by atoms with Gasteiger partial charge in [-0.3, -0.25) is 4.79 Å². The highest BCUT2D eigenvalue weighted by molar-refractivity contribution is 7.80. The van der Waals surface area contributed by atoms with E-state index >= 15 is 0 Å². The molecule has 0 aromatic carbocycles. The molecule has 4 N–H and O–H groups in total. The van der Waals surface area contributed by atoms with Crippen LogP contribution in [0.1, 0.15) is 0 Å². The number of thiol groups is 1. The number of carbonyl (C=O) groups excluding carboxylic acids is 1. The zero-order valence-corrected chi connectivity index (χ0v) is 7.41. The van der Waals surface area contributed by atoms with Crippen molar-refractivity contribution in [2.24, 2.45) is 5.73 Å². The van der Waals surface area contributed by atoms with Crippen LogP contribution < -0.4 is 5.73 Å². The first-order chi connectivity index (χ1) is 5.61. The van der Waals surface area contributed by atoms with E-state index in [1.54, 1.807) is 0 Å². The molecule has 0 rings (SSSR count). The second-order valence-corrected chi connectivity index (χ2v) is 2.62. The van der Waals surface area contributed by atoms with Gasteiger partial charge in [0.2, 0.25) is 0 Å². The number of hydrogen-bond donors (Lipinski definition) is 4. The molecule has 0 amide bonds. The molecular weight excluding hydrogens is 182 g/mol. The quantitative estimate of drug-likeness (QED) is 0.305. The lowest BCUT2D eigenvalue weighted by molar-refractivity contribution is -0.148. The predicted molar refractivity (Wildman–Crippen MR) is 45.9 cm³/mol. The Kier molecular flexibility index (Phi) is 6.09. The fraction of sp³-hybridized carbons (Fsp3) is 0.833. The molecule has 2 atom stereocenters. The highest BCUT2D eigenvalue weighted by atomic mass is 32.1. The fourth-order valence-electron chi connectivity index (χ4n) is 0.413. The van der Waals surface area contributed by atoms with Crippen LogP contribution in [0.15, 0.2) is 0 Å². The highest BCUT2D eigenvalue weighted by Gasteiger charge is 2.14. The maximum Gasteiger partial charge on any atom is 0.323 e. The number of aliphatic hydroxyl groups is 2. The van der Waals surface area contributed by atoms with Gasteiger partial charge in [0.1, 0.15) is 18.8 Å². The third-order valence-electron chi connectivity index (χ3n) is 1.13. The van der Waals surface area contributed by atoms with E-state index in [1.165, 1.54) is 0 Å². The molecule has 0 saturated heterocycles. The summed E-state index contributed by atoms with van der Waals surface area (Å²) >= 11 is 3.78. The molecule has 0 aliphatic rings. The van der Waals surface area contributed by atoms with Crippen LogP contribution in [0.25, 0.3) is 0 Å². The third-order valence-corrected chi connectivity index (χ3v) is 1.52. The van der Waals surface area contributed by atoms with Crippen molar-refractivity contribution < 1.29 is 19.7 Å². The molecule has 1 unspecified atom stereocenters. The summed E-state index contributed by atoms with van der Waals surface area (Å²) in [6.45, 7) is -0.680. The van der Waals surface area contributed by atoms with Crippen molar-refractivity contribution in [1.82, 2.24) is 0 Å². The molecule has 0 aromatic rings. The normalized spacial score (nSPS) is 15.3. The van der Waals surface area contributed by atoms with Gasteiger partial charge in [-0.25, -0.2) is 0 Å². The van der Waals surface area contributed by atoms with Crippen LogP contribution in [0.2, 0.25) is 0 Å². The lowest BCUT2D eigenvalue weighted by Gasteiger charge is -2.11. The summed E-state index contributed by atoms with van der Waals surface area (Å²) in [5.74, 6) is -0.439. The monoisotopic (exact) mass is 195 g/mol. The number of aliphatic hydroxyl groups excluding tert-OH is 2. The number of rotatable bonds is 5. The summed E-state index contributed by atoms with van der Waals surface area (Å²) in [7, 11) is 0. The van der Waals surface area contributed by atoms with Crippen molar-refractivity contribution >= 4 is 18.6 Å². The standard InChI is InChI=1S/C6H13NO4S/c7-5(3-12)6(10)11-2-4(9)1-8/h4-5,8-9,12H,1-3,7H2/t4?,5-/m0/s1. The minimum absolute atomic E-state index is 0.189. The first-order valence-corrected chi connectivity index (χ1v) is 4.07. The molecule has 0 radical (unpaired) electrons. The van der Waals surface area contributed by atoms with E-state index < -0.39 is 24.7 Å². The van der Waals surface area contributed by atoms with E-state index in [2.05, 4.69) is 17.4 Å². The number of nitrogens with two attached hydrogens (primary N) is 1. The van der Waals surface area contributed by atoms with Crippen LogP contribution in [0.4, 0.5) is 0 Å². The number of carbonyl (C=O) groups is 1. The topological polar surface area (TPSA) is 92.8 Å². The van der Waals surface area contributed by atoms with Crippen LogP contribution >= 0.6 is 12.6 Å². The van der Waals surface area contributed by atoms with E-state index in [9.17, 15) is 4.79 Å². The van der Waals surface area contributed by atoms with Gasteiger partial charge in [0, 0.05) is 5.75 Å². The van der Waals surface area contributed by atoms with Crippen molar-refractivity contribution in [2.45, 2.75) is 12.1 Å². The molecule has 0 aliphatic heterocycles. The summed E-state index contributed by atoms with van der Waals surface area (Å²) < 4.78 is 4.52. The smallest absolute Gasteiger partial charge is 0.323 e. The Morgan fingerprint density at radius 3 is 2.67 bits per heavy atom. The van der Waals surface area contributed by atoms with Crippen LogP contribution in [0.5, 0.6) is 0 Å². The van der Waals surface area contributed by atoms with Gasteiger partial charge in [-0.2, -0.15) is 12.6 Å². The Balaban J connectivity index is 3.56. The van der Waals surface area contributed by atoms with Crippen molar-refractivity contribution in [3.8, 4) is 0 Å². The van der Waals surface area contributed by atoms with Crippen LogP contribution in [0, 0.1) is 0 Å². The van der Waals surface area contributed by atoms with Gasteiger partial charge in [0.15, 0.2) is 0 Å². The van der Waals surface area contributed by atoms with Crippen molar-refractivity contribution in [3.63, 3.8) is 0 Å². The molecule has 12 heavy (non-hydrogen) atoms. The number of ether oxygens (including phenoxy) is 1. The van der Waals surface area contributed by atoms with Gasteiger partial charge < -0.3 is 20.7 Å². The minimum Gasteiger partial charge on any atom is -0.462 e. The largest absolute Gasteiger partial charge is 0.462 e. The fourth-order valence-corrected chi connectivity index (χ4v) is 0.562. The van der Waals surface area contributed by atoms with Gasteiger partial charge in [0.25, 0.3) is 0 Å². The van der Waals surface area contributed by atoms with Gasteiger partial charge in [-0.1, -0.05) is 0 Å². The molecule has 0 aromatic heterocycles. The van der Waals surface area contributed by atoms with Gasteiger partial charge in [-0.15, -0.1) is 0 Å². The zero-order valence-electron chi connectivity index (χ0n) is 6.51. The van der Waals surface area contributed by atoms with Crippen molar-refractivity contribution in [2.75, 3.05) is 19.0 Å². The molecule has 6 heteroatoms. The molecular formula is C6H13NO4S. The molecule has 0 heterocycles. The zero-order chi connectivity index (χ0) is 9.56. The van der Waals surface area contributed by atoms with E-state index in [1.807, 2.05) is 0 Å². The second-order valence-electron chi connectivity index (χ2n) is 2.26. The molecule has 5 nitrogen and oxygen atoms in total. The van der Waals surface area contributed by atoms with E-state index in [-0.39, 0.29) is 12.4 Å². The molecule has 0 bridgehead atoms. The summed E-state index contributed by atoms with van der Waals surface area (Å²) in [5, 5.41) is 17.1. The molecule has 0 fully saturated rings. The molecule has 72 valence electrons. The predicted octanol–water partition coefficient (Wildman–Crippen LogP) is -1.86. The maximum atomic E-state index is 10.8. The first kappa shape index (κ1) is 11.7. The van der Waals surface area contributed by atoms with Crippen molar-refractivity contribution in [1.29, 1.82) is 0 Å². The van der Waals surface area contributed by atoms with E-state index in [0.29, 0.717) is 0 Å². The number of hydrogen-bond acceptors (Lipinski definition) is 6. The number of esters is 1. The Morgan fingerprint density at radius 1 is 1.67 bits per heavy atom. The van der Waals surface area contributed by atoms with Gasteiger partial charge in [0.05, 0.1) is 6.61 Å². The average Bonchev–Trinajstić information content (AvgIpc) is 2.11. The van der Waals surface area contributed by atoms with Crippen LogP contribution in [-0.2, 0) is 9.53 Å². The summed E-state index contributed by atoms with van der Waals surface area (Å²) in [5.41, 5.74) is 5.25. The molecule has 0 aliphatic carbocycles. The summed E-state index contributed by atoms with van der Waals surface area (Å²) in [4.78, 5) is 10.8. The van der Waals surface area contributed by atoms with Gasteiger partial charge >= 0.3 is 5.97 Å². The maximum absolute atomic E-state index is 10.8. The Bertz CT molecular complexity index is 144.